The maximum Gasteiger partial charge on any atom is 0.184 e. The van der Waals surface area contributed by atoms with Crippen molar-refractivity contribution in [2.24, 2.45) is 0 Å². The summed E-state index contributed by atoms with van der Waals surface area (Å²) in [4.78, 5) is 13.1. The minimum atomic E-state index is -0.0139. The number of anilines is 1. The fraction of sp³-hybridized carbons (Fsp3) is 0.125. The summed E-state index contributed by atoms with van der Waals surface area (Å²) >= 11 is 0. The van der Waals surface area contributed by atoms with E-state index in [-0.39, 0.29) is 11.7 Å². The first kappa shape index (κ1) is 17.1. The molecular weight excluding hydrogens is 334 g/mol. The molecule has 0 unspecified atom stereocenters. The number of para-hydroxylation sites is 1. The van der Waals surface area contributed by atoms with E-state index in [0.717, 1.165) is 40.3 Å². The lowest BCUT2D eigenvalue weighted by Crippen LogP contribution is -2.20. The molecule has 3 aromatic rings. The van der Waals surface area contributed by atoms with Gasteiger partial charge in [0.05, 0.1) is 6.26 Å². The molecule has 134 valence electrons. The highest BCUT2D eigenvalue weighted by molar-refractivity contribution is 6.11. The molecule has 1 heterocycles. The average Bonchev–Trinajstić information content (AvgIpc) is 3.23. The SMILES string of the molecule is CC(Nc1ccccc1)=C1C(=O)C=C(c2ccco2)C[C@@H]1c1ccccc1. The first-order valence-corrected chi connectivity index (χ1v) is 9.09. The molecule has 0 radical (unpaired) electrons. The normalized spacial score (nSPS) is 18.8. The van der Waals surface area contributed by atoms with Gasteiger partial charge in [0.15, 0.2) is 5.78 Å². The van der Waals surface area contributed by atoms with Crippen molar-refractivity contribution in [3.63, 3.8) is 0 Å². The lowest BCUT2D eigenvalue weighted by atomic mass is 9.77. The summed E-state index contributed by atoms with van der Waals surface area (Å²) in [7, 11) is 0. The van der Waals surface area contributed by atoms with Gasteiger partial charge in [0, 0.05) is 22.9 Å². The Labute approximate surface area is 159 Å². The maximum atomic E-state index is 13.1. The van der Waals surface area contributed by atoms with Gasteiger partial charge in [-0.2, -0.15) is 0 Å². The van der Waals surface area contributed by atoms with Gasteiger partial charge in [-0.1, -0.05) is 48.5 Å². The van der Waals surface area contributed by atoms with Crippen LogP contribution in [-0.4, -0.2) is 5.78 Å². The number of ketones is 1. The zero-order valence-corrected chi connectivity index (χ0v) is 15.2. The standard InChI is InChI=1S/C24H21NO2/c1-17(25-20-11-6-3-7-12-20)24-21(18-9-4-2-5-10-18)15-19(16-22(24)26)23-13-8-14-27-23/h2-14,16,21,25H,15H2,1H3/t21-/m1/s1. The first-order chi connectivity index (χ1) is 13.2. The van der Waals surface area contributed by atoms with Gasteiger partial charge in [-0.05, 0) is 54.8 Å². The van der Waals surface area contributed by atoms with E-state index >= 15 is 0 Å². The van der Waals surface area contributed by atoms with E-state index in [2.05, 4.69) is 17.4 Å². The monoisotopic (exact) mass is 355 g/mol. The van der Waals surface area contributed by atoms with Crippen molar-refractivity contribution in [3.05, 3.63) is 108 Å². The molecule has 4 rings (SSSR count). The third-order valence-corrected chi connectivity index (χ3v) is 4.89. The second-order valence-corrected chi connectivity index (χ2v) is 6.71. The van der Waals surface area contributed by atoms with Crippen LogP contribution in [0.5, 0.6) is 0 Å². The van der Waals surface area contributed by atoms with Crippen LogP contribution in [-0.2, 0) is 4.79 Å². The van der Waals surface area contributed by atoms with Crippen molar-refractivity contribution >= 4 is 17.0 Å². The quantitative estimate of drug-likeness (QED) is 0.601. The van der Waals surface area contributed by atoms with E-state index in [4.69, 9.17) is 4.42 Å². The van der Waals surface area contributed by atoms with Crippen LogP contribution in [0.3, 0.4) is 0 Å². The molecule has 0 spiro atoms. The number of carbonyl (C=O) groups is 1. The molecule has 0 saturated carbocycles. The van der Waals surface area contributed by atoms with Gasteiger partial charge in [-0.15, -0.1) is 0 Å². The molecule has 3 heteroatoms. The molecule has 1 aromatic heterocycles. The van der Waals surface area contributed by atoms with Gasteiger partial charge in [0.2, 0.25) is 0 Å². The molecule has 1 aliphatic carbocycles. The Morgan fingerprint density at radius 3 is 2.33 bits per heavy atom. The van der Waals surface area contributed by atoms with Gasteiger partial charge < -0.3 is 9.73 Å². The van der Waals surface area contributed by atoms with Crippen LogP contribution >= 0.6 is 0 Å². The highest BCUT2D eigenvalue weighted by Crippen LogP contribution is 2.40. The van der Waals surface area contributed by atoms with Gasteiger partial charge in [-0.25, -0.2) is 0 Å². The van der Waals surface area contributed by atoms with Crippen LogP contribution in [0, 0.1) is 0 Å². The Kier molecular flexibility index (Phi) is 4.75. The van der Waals surface area contributed by atoms with Gasteiger partial charge in [0.25, 0.3) is 0 Å². The molecule has 27 heavy (non-hydrogen) atoms. The van der Waals surface area contributed by atoms with Crippen LogP contribution in [0.25, 0.3) is 5.57 Å². The fourth-order valence-electron chi connectivity index (χ4n) is 3.64. The first-order valence-electron chi connectivity index (χ1n) is 9.09. The Balaban J connectivity index is 1.77. The van der Waals surface area contributed by atoms with Gasteiger partial charge in [0.1, 0.15) is 5.76 Å². The molecule has 1 aliphatic rings. The van der Waals surface area contributed by atoms with Crippen molar-refractivity contribution in [1.29, 1.82) is 0 Å². The molecule has 0 saturated heterocycles. The minimum Gasteiger partial charge on any atom is -0.465 e. The topological polar surface area (TPSA) is 42.2 Å². The molecule has 0 aliphatic heterocycles. The molecular formula is C24H21NO2. The second-order valence-electron chi connectivity index (χ2n) is 6.71. The van der Waals surface area contributed by atoms with Crippen molar-refractivity contribution in [1.82, 2.24) is 0 Å². The predicted octanol–water partition coefficient (Wildman–Crippen LogP) is 5.81. The summed E-state index contributed by atoms with van der Waals surface area (Å²) in [5, 5.41) is 3.40. The number of nitrogens with one attached hydrogen (secondary N) is 1. The largest absolute Gasteiger partial charge is 0.465 e. The number of hydrogen-bond acceptors (Lipinski definition) is 3. The van der Waals surface area contributed by atoms with Crippen molar-refractivity contribution in [2.75, 3.05) is 5.32 Å². The number of rotatable bonds is 4. The van der Waals surface area contributed by atoms with Crippen LogP contribution < -0.4 is 5.32 Å². The van der Waals surface area contributed by atoms with Gasteiger partial charge in [-0.3, -0.25) is 4.79 Å². The van der Waals surface area contributed by atoms with Crippen LogP contribution in [0.4, 0.5) is 5.69 Å². The Morgan fingerprint density at radius 2 is 1.67 bits per heavy atom. The summed E-state index contributed by atoms with van der Waals surface area (Å²) in [6.07, 6.45) is 4.09. The van der Waals surface area contributed by atoms with Crippen LogP contribution in [0.2, 0.25) is 0 Å². The van der Waals surface area contributed by atoms with E-state index < -0.39 is 0 Å². The van der Waals surface area contributed by atoms with Gasteiger partial charge >= 0.3 is 0 Å². The molecule has 1 atom stereocenters. The Hall–Kier alpha value is -3.33. The van der Waals surface area contributed by atoms with Crippen molar-refractivity contribution < 1.29 is 9.21 Å². The number of hydrogen-bond donors (Lipinski definition) is 1. The fourth-order valence-corrected chi connectivity index (χ4v) is 3.64. The van der Waals surface area contributed by atoms with Crippen LogP contribution in [0.1, 0.15) is 30.6 Å². The highest BCUT2D eigenvalue weighted by atomic mass is 16.3. The maximum absolute atomic E-state index is 13.1. The summed E-state index contributed by atoms with van der Waals surface area (Å²) < 4.78 is 5.54. The zero-order valence-electron chi connectivity index (χ0n) is 15.2. The van der Waals surface area contributed by atoms with Crippen molar-refractivity contribution in [2.45, 2.75) is 19.3 Å². The highest BCUT2D eigenvalue weighted by Gasteiger charge is 2.30. The second kappa shape index (κ2) is 7.50. The summed E-state index contributed by atoms with van der Waals surface area (Å²) in [5.41, 5.74) is 4.74. The van der Waals surface area contributed by atoms with E-state index in [1.807, 2.05) is 67.6 Å². The van der Waals surface area contributed by atoms with E-state index in [9.17, 15) is 4.79 Å². The molecule has 0 fully saturated rings. The van der Waals surface area contributed by atoms with Crippen molar-refractivity contribution in [3.8, 4) is 0 Å². The molecule has 3 nitrogen and oxygen atoms in total. The number of furan rings is 1. The third kappa shape index (κ3) is 3.63. The molecule has 0 bridgehead atoms. The third-order valence-electron chi connectivity index (χ3n) is 4.89. The number of benzene rings is 2. The smallest absolute Gasteiger partial charge is 0.184 e. The number of allylic oxidation sites excluding steroid dienone is 4. The zero-order chi connectivity index (χ0) is 18.6. The number of carbonyl (C=O) groups excluding carboxylic acids is 1. The predicted molar refractivity (Wildman–Crippen MR) is 108 cm³/mol. The summed E-state index contributed by atoms with van der Waals surface area (Å²) in [5.74, 6) is 0.777. The average molecular weight is 355 g/mol. The summed E-state index contributed by atoms with van der Waals surface area (Å²) in [6, 6.07) is 23.9. The van der Waals surface area contributed by atoms with E-state index in [0.29, 0.717) is 0 Å². The lowest BCUT2D eigenvalue weighted by molar-refractivity contribution is -0.111. The summed E-state index contributed by atoms with van der Waals surface area (Å²) in [6.45, 7) is 1.97. The molecule has 0 amide bonds. The molecule has 1 N–H and O–H groups in total. The minimum absolute atomic E-state index is 0.0139. The van der Waals surface area contributed by atoms with Crippen LogP contribution in [0.15, 0.2) is 101 Å². The van der Waals surface area contributed by atoms with E-state index in [1.165, 1.54) is 0 Å². The molecule has 2 aromatic carbocycles. The Bertz CT molecular complexity index is 983. The lowest BCUT2D eigenvalue weighted by Gasteiger charge is -2.27. The Morgan fingerprint density at radius 1 is 0.963 bits per heavy atom. The van der Waals surface area contributed by atoms with E-state index in [1.54, 1.807) is 12.3 Å².